The lowest BCUT2D eigenvalue weighted by molar-refractivity contribution is -0.123. The monoisotopic (exact) mass is 335 g/mol. The van der Waals surface area contributed by atoms with Crippen LogP contribution in [-0.4, -0.2) is 15.6 Å². The van der Waals surface area contributed by atoms with Crippen LogP contribution in [0.4, 0.5) is 0 Å². The van der Waals surface area contributed by atoms with E-state index in [0.29, 0.717) is 0 Å². The summed E-state index contributed by atoms with van der Waals surface area (Å²) in [4.78, 5) is 12.6. The van der Waals surface area contributed by atoms with Crippen LogP contribution in [0.15, 0.2) is 34.8 Å². The molecule has 2 N–H and O–H groups in total. The fourth-order valence-electron chi connectivity index (χ4n) is 2.15. The first kappa shape index (κ1) is 14.9. The first-order chi connectivity index (χ1) is 9.34. The van der Waals surface area contributed by atoms with Gasteiger partial charge in [-0.15, -0.1) is 0 Å². The first-order valence-electron chi connectivity index (χ1n) is 6.39. The second-order valence-corrected chi connectivity index (χ2v) is 5.93. The van der Waals surface area contributed by atoms with E-state index in [1.807, 2.05) is 44.3 Å². The van der Waals surface area contributed by atoms with Crippen LogP contribution in [-0.2, 0) is 23.8 Å². The van der Waals surface area contributed by atoms with Gasteiger partial charge in [-0.2, -0.15) is 5.10 Å². The largest absolute Gasteiger partial charge is 0.315 e. The average Bonchev–Trinajstić information content (AvgIpc) is 2.66. The van der Waals surface area contributed by atoms with Gasteiger partial charge in [-0.1, -0.05) is 30.3 Å². The van der Waals surface area contributed by atoms with Gasteiger partial charge < -0.3 is 5.73 Å². The zero-order chi connectivity index (χ0) is 14.9. The minimum absolute atomic E-state index is 0.0348. The van der Waals surface area contributed by atoms with E-state index in [0.717, 1.165) is 21.4 Å². The van der Waals surface area contributed by atoms with Gasteiger partial charge in [0, 0.05) is 7.05 Å². The second-order valence-electron chi connectivity index (χ2n) is 5.14. The molecule has 0 amide bonds. The number of nitrogens with zero attached hydrogens (tertiary/aromatic N) is 2. The smallest absolute Gasteiger partial charge is 0.162 e. The number of aryl methyl sites for hydroxylation is 2. The summed E-state index contributed by atoms with van der Waals surface area (Å²) in [6.45, 7) is 3.65. The highest BCUT2D eigenvalue weighted by molar-refractivity contribution is 9.10. The van der Waals surface area contributed by atoms with Gasteiger partial charge in [0.25, 0.3) is 0 Å². The summed E-state index contributed by atoms with van der Waals surface area (Å²) in [6.07, 6.45) is 0.250. The zero-order valence-corrected chi connectivity index (χ0v) is 13.4. The van der Waals surface area contributed by atoms with Crippen molar-refractivity contribution in [1.82, 2.24) is 9.78 Å². The Labute approximate surface area is 127 Å². The summed E-state index contributed by atoms with van der Waals surface area (Å²) in [7, 11) is 1.83. The normalized spacial score (nSPS) is 14.1. The summed E-state index contributed by atoms with van der Waals surface area (Å²) in [6, 6.07) is 9.43. The van der Waals surface area contributed by atoms with Gasteiger partial charge in [-0.3, -0.25) is 9.48 Å². The first-order valence-corrected chi connectivity index (χ1v) is 7.19. The number of carbonyl (C=O) groups excluding carboxylic acids is 1. The topological polar surface area (TPSA) is 60.9 Å². The number of carbonyl (C=O) groups is 1. The Morgan fingerprint density at radius 1 is 1.40 bits per heavy atom. The van der Waals surface area contributed by atoms with Crippen molar-refractivity contribution in [2.24, 2.45) is 12.8 Å². The number of Topliss-reactive ketones (excluding diaryl/α,β-unsaturated/α-hetero) is 1. The molecule has 1 aromatic carbocycles. The standard InChI is InChI=1S/C15H18BrN3O/c1-10-14(16)12(19(3)18-10)9-13(20)15(2,17)11-7-5-4-6-8-11/h4-8H,9,17H2,1-3H3. The molecule has 0 saturated carbocycles. The Kier molecular flexibility index (Phi) is 4.11. The predicted octanol–water partition coefficient (Wildman–Crippen LogP) is 2.48. The van der Waals surface area contributed by atoms with E-state index in [4.69, 9.17) is 5.73 Å². The molecule has 0 spiro atoms. The molecule has 1 unspecified atom stereocenters. The van der Waals surface area contributed by atoms with Crippen molar-refractivity contribution in [1.29, 1.82) is 0 Å². The Balaban J connectivity index is 2.28. The van der Waals surface area contributed by atoms with E-state index < -0.39 is 5.54 Å². The van der Waals surface area contributed by atoms with Crippen molar-refractivity contribution in [3.05, 3.63) is 51.8 Å². The molecule has 4 nitrogen and oxygen atoms in total. The molecular formula is C15H18BrN3O. The number of aromatic nitrogens is 2. The quantitative estimate of drug-likeness (QED) is 0.933. The number of hydrogen-bond acceptors (Lipinski definition) is 3. The lowest BCUT2D eigenvalue weighted by Crippen LogP contribution is -2.43. The molecule has 1 heterocycles. The third-order valence-electron chi connectivity index (χ3n) is 3.54. The number of nitrogens with two attached hydrogens (primary N) is 1. The highest BCUT2D eigenvalue weighted by atomic mass is 79.9. The van der Waals surface area contributed by atoms with E-state index in [1.54, 1.807) is 11.6 Å². The molecule has 0 aliphatic carbocycles. The summed E-state index contributed by atoms with van der Waals surface area (Å²) in [5.41, 5.74) is 7.78. The Hall–Kier alpha value is -1.46. The van der Waals surface area contributed by atoms with Crippen LogP contribution < -0.4 is 5.73 Å². The lowest BCUT2D eigenvalue weighted by Gasteiger charge is -2.23. The zero-order valence-electron chi connectivity index (χ0n) is 11.9. The fourth-order valence-corrected chi connectivity index (χ4v) is 2.63. The second kappa shape index (κ2) is 5.50. The summed E-state index contributed by atoms with van der Waals surface area (Å²) in [5.74, 6) is -0.0348. The lowest BCUT2D eigenvalue weighted by atomic mass is 9.86. The van der Waals surface area contributed by atoms with Crippen molar-refractivity contribution >= 4 is 21.7 Å². The maximum Gasteiger partial charge on any atom is 0.162 e. The number of rotatable bonds is 4. The minimum Gasteiger partial charge on any atom is -0.315 e. The molecule has 0 aliphatic rings. The van der Waals surface area contributed by atoms with Crippen molar-refractivity contribution in [2.45, 2.75) is 25.8 Å². The molecule has 106 valence electrons. The SMILES string of the molecule is Cc1nn(C)c(CC(=O)C(C)(N)c2ccccc2)c1Br. The third-order valence-corrected chi connectivity index (χ3v) is 4.57. The molecule has 0 bridgehead atoms. The van der Waals surface area contributed by atoms with E-state index in [2.05, 4.69) is 21.0 Å². The average molecular weight is 336 g/mol. The van der Waals surface area contributed by atoms with Gasteiger partial charge in [0.15, 0.2) is 5.78 Å². The van der Waals surface area contributed by atoms with Crippen LogP contribution in [0.3, 0.4) is 0 Å². The van der Waals surface area contributed by atoms with E-state index in [-0.39, 0.29) is 12.2 Å². The third kappa shape index (κ3) is 2.69. The predicted molar refractivity (Wildman–Crippen MR) is 82.3 cm³/mol. The molecule has 1 atom stereocenters. The van der Waals surface area contributed by atoms with E-state index in [1.165, 1.54) is 0 Å². The van der Waals surface area contributed by atoms with Crippen LogP contribution in [0, 0.1) is 6.92 Å². The molecule has 5 heteroatoms. The Morgan fingerprint density at radius 2 is 2.00 bits per heavy atom. The molecule has 0 fully saturated rings. The maximum atomic E-state index is 12.6. The molecular weight excluding hydrogens is 318 g/mol. The van der Waals surface area contributed by atoms with Crippen molar-refractivity contribution in [3.63, 3.8) is 0 Å². The molecule has 2 aromatic rings. The molecule has 0 radical (unpaired) electrons. The summed E-state index contributed by atoms with van der Waals surface area (Å²) in [5, 5.41) is 4.30. The van der Waals surface area contributed by atoms with Gasteiger partial charge in [-0.25, -0.2) is 0 Å². The van der Waals surface area contributed by atoms with Crippen LogP contribution in [0.1, 0.15) is 23.9 Å². The minimum atomic E-state index is -1.00. The van der Waals surface area contributed by atoms with Crippen molar-refractivity contribution in [2.75, 3.05) is 0 Å². The highest BCUT2D eigenvalue weighted by Gasteiger charge is 2.31. The van der Waals surface area contributed by atoms with Gasteiger partial charge in [0.05, 0.1) is 27.8 Å². The van der Waals surface area contributed by atoms with Gasteiger partial charge >= 0.3 is 0 Å². The van der Waals surface area contributed by atoms with E-state index >= 15 is 0 Å². The molecule has 2 rings (SSSR count). The summed E-state index contributed by atoms with van der Waals surface area (Å²) < 4.78 is 2.59. The maximum absolute atomic E-state index is 12.6. The Morgan fingerprint density at radius 3 is 2.50 bits per heavy atom. The van der Waals surface area contributed by atoms with Crippen molar-refractivity contribution in [3.8, 4) is 0 Å². The van der Waals surface area contributed by atoms with Gasteiger partial charge in [0.1, 0.15) is 0 Å². The number of benzene rings is 1. The Bertz CT molecular complexity index is 632. The number of hydrogen-bond donors (Lipinski definition) is 1. The fraction of sp³-hybridized carbons (Fsp3) is 0.333. The molecule has 0 saturated heterocycles. The highest BCUT2D eigenvalue weighted by Crippen LogP contribution is 2.25. The molecule has 20 heavy (non-hydrogen) atoms. The van der Waals surface area contributed by atoms with E-state index in [9.17, 15) is 4.79 Å². The molecule has 0 aliphatic heterocycles. The molecule has 1 aromatic heterocycles. The summed E-state index contributed by atoms with van der Waals surface area (Å²) >= 11 is 3.48. The number of ketones is 1. The van der Waals surface area contributed by atoms with Crippen LogP contribution in [0.25, 0.3) is 0 Å². The van der Waals surface area contributed by atoms with Gasteiger partial charge in [0.2, 0.25) is 0 Å². The number of halogens is 1. The van der Waals surface area contributed by atoms with Crippen LogP contribution in [0.5, 0.6) is 0 Å². The van der Waals surface area contributed by atoms with Crippen LogP contribution in [0.2, 0.25) is 0 Å². The van der Waals surface area contributed by atoms with Crippen LogP contribution >= 0.6 is 15.9 Å². The van der Waals surface area contributed by atoms with Crippen molar-refractivity contribution < 1.29 is 4.79 Å². The van der Waals surface area contributed by atoms with Gasteiger partial charge in [-0.05, 0) is 35.3 Å².